The summed E-state index contributed by atoms with van der Waals surface area (Å²) in [7, 11) is 0. The Balaban J connectivity index is 1.59. The fraction of sp³-hybridized carbons (Fsp3) is 0.390. The van der Waals surface area contributed by atoms with Gasteiger partial charge in [0.05, 0.1) is 0 Å². The number of anilines is 6. The first-order chi connectivity index (χ1) is 23.0. The van der Waals surface area contributed by atoms with Crippen LogP contribution in [0.5, 0.6) is 0 Å². The highest BCUT2D eigenvalue weighted by Crippen LogP contribution is 2.36. The molecule has 48 heavy (non-hydrogen) atoms. The predicted molar refractivity (Wildman–Crippen MR) is 199 cm³/mol. The van der Waals surface area contributed by atoms with Gasteiger partial charge in [-0.1, -0.05) is 85.7 Å². The summed E-state index contributed by atoms with van der Waals surface area (Å²) in [5.41, 5.74) is 4.84. The molecule has 5 aromatic heterocycles. The molecule has 0 bridgehead atoms. The van der Waals surface area contributed by atoms with Gasteiger partial charge in [0.1, 0.15) is 34.9 Å². The zero-order valence-electron chi connectivity index (χ0n) is 29.9. The highest BCUT2D eigenvalue weighted by Gasteiger charge is 2.21. The van der Waals surface area contributed by atoms with E-state index in [-0.39, 0.29) is 0 Å². The fourth-order valence-electron chi connectivity index (χ4n) is 5.93. The summed E-state index contributed by atoms with van der Waals surface area (Å²) in [4.78, 5) is 29.0. The van der Waals surface area contributed by atoms with Crippen LogP contribution in [0.25, 0.3) is 0 Å². The zero-order valence-corrected chi connectivity index (χ0v) is 29.9. The van der Waals surface area contributed by atoms with Crippen molar-refractivity contribution in [3.05, 3.63) is 114 Å². The van der Waals surface area contributed by atoms with Gasteiger partial charge in [-0.15, -0.1) is 0 Å². The van der Waals surface area contributed by atoms with Crippen LogP contribution >= 0.6 is 0 Å². The van der Waals surface area contributed by atoms with Crippen LogP contribution in [0.3, 0.4) is 0 Å². The van der Waals surface area contributed by atoms with Crippen molar-refractivity contribution in [2.24, 2.45) is 23.7 Å². The van der Waals surface area contributed by atoms with Crippen LogP contribution in [-0.2, 0) is 25.7 Å². The van der Waals surface area contributed by atoms with Crippen LogP contribution < -0.4 is 9.80 Å². The molecule has 0 fully saturated rings. The van der Waals surface area contributed by atoms with E-state index in [2.05, 4.69) is 104 Å². The van der Waals surface area contributed by atoms with Crippen LogP contribution in [0.4, 0.5) is 34.9 Å². The minimum atomic E-state index is 0.550. The van der Waals surface area contributed by atoms with Crippen molar-refractivity contribution in [3.8, 4) is 0 Å². The third kappa shape index (κ3) is 9.24. The third-order valence-corrected chi connectivity index (χ3v) is 7.91. The van der Waals surface area contributed by atoms with Crippen molar-refractivity contribution in [3.63, 3.8) is 0 Å². The molecule has 5 heterocycles. The van der Waals surface area contributed by atoms with E-state index in [1.807, 2.05) is 52.8 Å². The third-order valence-electron chi connectivity index (χ3n) is 7.91. The second kappa shape index (κ2) is 16.0. The average molecular weight is 642 g/mol. The number of nitrogens with zero attached hydrogens (tertiary/aromatic N) is 7. The number of aromatic nitrogens is 5. The van der Waals surface area contributed by atoms with E-state index in [1.54, 1.807) is 0 Å². The molecule has 0 saturated heterocycles. The Bertz CT molecular complexity index is 1480. The van der Waals surface area contributed by atoms with Crippen LogP contribution in [-0.4, -0.2) is 24.9 Å². The summed E-state index contributed by atoms with van der Waals surface area (Å²) in [5, 5.41) is 0. The smallest absolute Gasteiger partial charge is 0.142 e. The summed E-state index contributed by atoms with van der Waals surface area (Å²) >= 11 is 0. The molecule has 250 valence electrons. The molecule has 0 N–H and O–H groups in total. The molecule has 0 amide bonds. The van der Waals surface area contributed by atoms with Gasteiger partial charge in [-0.3, -0.25) is 9.80 Å². The second-order valence-corrected chi connectivity index (χ2v) is 14.5. The molecule has 0 aromatic carbocycles. The van der Waals surface area contributed by atoms with Crippen molar-refractivity contribution in [2.45, 2.75) is 81.1 Å². The van der Waals surface area contributed by atoms with Crippen LogP contribution in [0.2, 0.25) is 0 Å². The molecule has 0 atom stereocenters. The lowest BCUT2D eigenvalue weighted by molar-refractivity contribution is 0.645. The monoisotopic (exact) mass is 641 g/mol. The highest BCUT2D eigenvalue weighted by molar-refractivity contribution is 5.74. The summed E-state index contributed by atoms with van der Waals surface area (Å²) in [6.07, 6.45) is 11.8. The molecule has 0 radical (unpaired) electrons. The molecule has 0 aliphatic heterocycles. The van der Waals surface area contributed by atoms with Gasteiger partial charge in [0, 0.05) is 24.8 Å². The minimum absolute atomic E-state index is 0.550. The van der Waals surface area contributed by atoms with E-state index >= 15 is 0 Å². The molecule has 0 unspecified atom stereocenters. The molecule has 0 aliphatic carbocycles. The molecule has 7 nitrogen and oxygen atoms in total. The summed E-state index contributed by atoms with van der Waals surface area (Å²) in [6, 6.07) is 22.9. The van der Waals surface area contributed by atoms with E-state index in [0.717, 1.165) is 49.0 Å². The molecular formula is C41H51N7. The summed E-state index contributed by atoms with van der Waals surface area (Å²) < 4.78 is 0. The molecule has 7 heteroatoms. The van der Waals surface area contributed by atoms with Crippen molar-refractivity contribution < 1.29 is 0 Å². The van der Waals surface area contributed by atoms with Crippen LogP contribution in [0.1, 0.15) is 77.6 Å². The maximum atomic E-state index is 5.25. The molecule has 0 spiro atoms. The van der Waals surface area contributed by atoms with Gasteiger partial charge in [-0.05, 0) is 108 Å². The second-order valence-electron chi connectivity index (χ2n) is 14.5. The van der Waals surface area contributed by atoms with E-state index in [1.165, 1.54) is 22.3 Å². The van der Waals surface area contributed by atoms with Crippen LogP contribution in [0, 0.1) is 23.7 Å². The average Bonchev–Trinajstić information content (AvgIpc) is 3.04. The van der Waals surface area contributed by atoms with E-state index in [9.17, 15) is 0 Å². The molecule has 0 saturated carbocycles. The van der Waals surface area contributed by atoms with Crippen LogP contribution in [0.15, 0.2) is 91.5 Å². The SMILES string of the molecule is CC(C)Cc1ccc(N(c2ccc(CC(C)C)cn2)c2cccc(N(c3ccc(CC(C)C)cn3)c3ccc(CC(C)C)cn3)n2)nc1. The number of pyridine rings is 5. The largest absolute Gasteiger partial charge is 0.262 e. The van der Waals surface area contributed by atoms with E-state index in [0.29, 0.717) is 35.3 Å². The van der Waals surface area contributed by atoms with Gasteiger partial charge in [-0.25, -0.2) is 24.9 Å². The first-order valence-corrected chi connectivity index (χ1v) is 17.4. The molecule has 5 aromatic rings. The van der Waals surface area contributed by atoms with Gasteiger partial charge in [0.15, 0.2) is 0 Å². The maximum absolute atomic E-state index is 5.25. The van der Waals surface area contributed by atoms with Crippen molar-refractivity contribution in [2.75, 3.05) is 9.80 Å². The van der Waals surface area contributed by atoms with Gasteiger partial charge >= 0.3 is 0 Å². The standard InChI is InChI=1S/C41H51N7/c1-28(2)20-32-12-16-36(42-24-32)47(37-17-13-33(25-43-37)21-29(3)4)40-10-9-11-41(46-40)48(38-18-14-34(26-44-38)22-30(5)6)39-19-15-35(27-45-39)23-31(7)8/h9-19,24-31H,20-23H2,1-8H3. The van der Waals surface area contributed by atoms with Gasteiger partial charge in [0.2, 0.25) is 0 Å². The van der Waals surface area contributed by atoms with Gasteiger partial charge in [-0.2, -0.15) is 0 Å². The summed E-state index contributed by atoms with van der Waals surface area (Å²) in [6.45, 7) is 17.8. The number of hydrogen-bond acceptors (Lipinski definition) is 7. The lowest BCUT2D eigenvalue weighted by Gasteiger charge is -2.26. The lowest BCUT2D eigenvalue weighted by Crippen LogP contribution is -2.18. The van der Waals surface area contributed by atoms with Crippen molar-refractivity contribution >= 4 is 34.9 Å². The topological polar surface area (TPSA) is 70.9 Å². The number of hydrogen-bond donors (Lipinski definition) is 0. The van der Waals surface area contributed by atoms with Crippen molar-refractivity contribution in [1.29, 1.82) is 0 Å². The Hall–Kier alpha value is -4.65. The Morgan fingerprint density at radius 3 is 0.854 bits per heavy atom. The van der Waals surface area contributed by atoms with Gasteiger partial charge < -0.3 is 0 Å². The Labute approximate surface area is 287 Å². The Kier molecular flexibility index (Phi) is 11.5. The minimum Gasteiger partial charge on any atom is -0.262 e. The lowest BCUT2D eigenvalue weighted by atomic mass is 10.0. The molecule has 5 rings (SSSR count). The first-order valence-electron chi connectivity index (χ1n) is 17.4. The number of rotatable bonds is 14. The fourth-order valence-corrected chi connectivity index (χ4v) is 5.93. The predicted octanol–water partition coefficient (Wildman–Crippen LogP) is 10.4. The zero-order chi connectivity index (χ0) is 34.2. The summed E-state index contributed by atoms with van der Waals surface area (Å²) in [5.74, 6) is 6.65. The maximum Gasteiger partial charge on any atom is 0.142 e. The Morgan fingerprint density at radius 1 is 0.375 bits per heavy atom. The quantitative estimate of drug-likeness (QED) is 0.119. The molecular weight excluding hydrogens is 591 g/mol. The normalized spacial score (nSPS) is 11.6. The first kappa shape index (κ1) is 34.7. The van der Waals surface area contributed by atoms with E-state index < -0.39 is 0 Å². The Morgan fingerprint density at radius 2 is 0.646 bits per heavy atom. The van der Waals surface area contributed by atoms with Crippen molar-refractivity contribution in [1.82, 2.24) is 24.9 Å². The molecule has 0 aliphatic rings. The van der Waals surface area contributed by atoms with Gasteiger partial charge in [0.25, 0.3) is 0 Å². The van der Waals surface area contributed by atoms with E-state index in [4.69, 9.17) is 24.9 Å². The highest BCUT2D eigenvalue weighted by atomic mass is 15.3.